The van der Waals surface area contributed by atoms with Gasteiger partial charge in [-0.15, -0.1) is 11.3 Å². The van der Waals surface area contributed by atoms with Crippen molar-refractivity contribution in [1.82, 2.24) is 14.2 Å². The van der Waals surface area contributed by atoms with Gasteiger partial charge in [0.2, 0.25) is 10.0 Å². The first-order valence-electron chi connectivity index (χ1n) is 7.76. The van der Waals surface area contributed by atoms with Gasteiger partial charge in [0.15, 0.2) is 0 Å². The zero-order valence-electron chi connectivity index (χ0n) is 13.7. The molecule has 5 nitrogen and oxygen atoms in total. The standard InChI is InChI=1S/C16H20ClN3O2S2/c1-12-3-4-16(15(17)9-12)24(21,22)20-7-5-19(6-8-20)10-14-11-23-13(2)18-14/h3-4,9,11H,5-8,10H2,1-2H3. The number of benzene rings is 1. The average molecular weight is 386 g/mol. The van der Waals surface area contributed by atoms with Gasteiger partial charge < -0.3 is 0 Å². The van der Waals surface area contributed by atoms with Crippen molar-refractivity contribution in [3.05, 3.63) is 44.9 Å². The maximum atomic E-state index is 12.8. The van der Waals surface area contributed by atoms with Gasteiger partial charge in [0.05, 0.1) is 15.7 Å². The number of nitrogens with zero attached hydrogens (tertiary/aromatic N) is 3. The summed E-state index contributed by atoms with van der Waals surface area (Å²) in [5, 5.41) is 3.40. The largest absolute Gasteiger partial charge is 0.295 e. The Hall–Kier alpha value is -0.990. The Bertz CT molecular complexity index is 828. The van der Waals surface area contributed by atoms with Crippen LogP contribution in [-0.4, -0.2) is 48.8 Å². The van der Waals surface area contributed by atoms with Crippen molar-refractivity contribution in [2.45, 2.75) is 25.3 Å². The topological polar surface area (TPSA) is 53.5 Å². The third kappa shape index (κ3) is 3.81. The van der Waals surface area contributed by atoms with Gasteiger partial charge in [0.1, 0.15) is 4.90 Å². The van der Waals surface area contributed by atoms with Crippen molar-refractivity contribution in [2.24, 2.45) is 0 Å². The van der Waals surface area contributed by atoms with Gasteiger partial charge in [-0.3, -0.25) is 4.90 Å². The molecule has 1 saturated heterocycles. The van der Waals surface area contributed by atoms with Gasteiger partial charge in [-0.1, -0.05) is 17.7 Å². The minimum Gasteiger partial charge on any atom is -0.295 e. The lowest BCUT2D eigenvalue weighted by Crippen LogP contribution is -2.48. The zero-order valence-corrected chi connectivity index (χ0v) is 16.1. The number of aryl methyl sites for hydroxylation is 2. The quantitative estimate of drug-likeness (QED) is 0.812. The smallest absolute Gasteiger partial charge is 0.244 e. The number of thiazole rings is 1. The molecule has 0 N–H and O–H groups in total. The van der Waals surface area contributed by atoms with E-state index in [1.807, 2.05) is 13.8 Å². The monoisotopic (exact) mass is 385 g/mol. The highest BCUT2D eigenvalue weighted by Crippen LogP contribution is 2.26. The third-order valence-corrected chi connectivity index (χ3v) is 7.29. The molecule has 1 aliphatic rings. The molecule has 3 rings (SSSR count). The van der Waals surface area contributed by atoms with Crippen LogP contribution in [0, 0.1) is 13.8 Å². The Morgan fingerprint density at radius 2 is 1.92 bits per heavy atom. The summed E-state index contributed by atoms with van der Waals surface area (Å²) in [6.45, 7) is 6.97. The Kier molecular flexibility index (Phi) is 5.27. The molecule has 0 saturated carbocycles. The van der Waals surface area contributed by atoms with Crippen LogP contribution in [0.4, 0.5) is 0 Å². The van der Waals surface area contributed by atoms with Crippen molar-refractivity contribution in [2.75, 3.05) is 26.2 Å². The van der Waals surface area contributed by atoms with E-state index in [4.69, 9.17) is 11.6 Å². The van der Waals surface area contributed by atoms with Crippen LogP contribution in [0.2, 0.25) is 5.02 Å². The van der Waals surface area contributed by atoms with E-state index in [-0.39, 0.29) is 9.92 Å². The van der Waals surface area contributed by atoms with Gasteiger partial charge in [-0.05, 0) is 31.5 Å². The number of aromatic nitrogens is 1. The molecule has 0 aliphatic carbocycles. The van der Waals surface area contributed by atoms with Crippen LogP contribution in [0.25, 0.3) is 0 Å². The van der Waals surface area contributed by atoms with Crippen LogP contribution in [0.1, 0.15) is 16.3 Å². The fourth-order valence-corrected chi connectivity index (χ4v) is 5.39. The summed E-state index contributed by atoms with van der Waals surface area (Å²) in [5.41, 5.74) is 2.00. The molecule has 0 spiro atoms. The third-order valence-electron chi connectivity index (χ3n) is 4.09. The molecule has 8 heteroatoms. The van der Waals surface area contributed by atoms with E-state index in [0.29, 0.717) is 26.2 Å². The highest BCUT2D eigenvalue weighted by Gasteiger charge is 2.30. The molecule has 1 aromatic carbocycles. The molecule has 0 atom stereocenters. The molecule has 24 heavy (non-hydrogen) atoms. The number of piperazine rings is 1. The molecule has 2 aromatic rings. The second-order valence-electron chi connectivity index (χ2n) is 5.97. The van der Waals surface area contributed by atoms with Crippen molar-refractivity contribution in [1.29, 1.82) is 0 Å². The predicted octanol–water partition coefficient (Wildman–Crippen LogP) is 2.92. The first kappa shape index (κ1) is 17.8. The van der Waals surface area contributed by atoms with Crippen LogP contribution in [0.5, 0.6) is 0 Å². The maximum Gasteiger partial charge on any atom is 0.244 e. The molecule has 0 amide bonds. The van der Waals surface area contributed by atoms with Gasteiger partial charge in [0, 0.05) is 38.1 Å². The van der Waals surface area contributed by atoms with Crippen LogP contribution in [-0.2, 0) is 16.6 Å². The SMILES string of the molecule is Cc1ccc(S(=O)(=O)N2CCN(Cc3csc(C)n3)CC2)c(Cl)c1. The first-order valence-corrected chi connectivity index (χ1v) is 10.5. The zero-order chi connectivity index (χ0) is 17.3. The highest BCUT2D eigenvalue weighted by atomic mass is 35.5. The number of rotatable bonds is 4. The van der Waals surface area contributed by atoms with Crippen LogP contribution in [0.3, 0.4) is 0 Å². The summed E-state index contributed by atoms with van der Waals surface area (Å²) in [6.07, 6.45) is 0. The summed E-state index contributed by atoms with van der Waals surface area (Å²) >= 11 is 7.79. The molecule has 130 valence electrons. The van der Waals surface area contributed by atoms with Crippen LogP contribution in [0.15, 0.2) is 28.5 Å². The van der Waals surface area contributed by atoms with E-state index in [1.54, 1.807) is 29.5 Å². The molecule has 0 unspecified atom stereocenters. The van der Waals surface area contributed by atoms with Gasteiger partial charge in [0.25, 0.3) is 0 Å². The number of hydrogen-bond donors (Lipinski definition) is 0. The predicted molar refractivity (Wildman–Crippen MR) is 97.1 cm³/mol. The van der Waals surface area contributed by atoms with E-state index in [0.717, 1.165) is 22.8 Å². The molecule has 2 heterocycles. The number of sulfonamides is 1. The lowest BCUT2D eigenvalue weighted by molar-refractivity contribution is 0.180. The van der Waals surface area contributed by atoms with Crippen molar-refractivity contribution in [3.8, 4) is 0 Å². The summed E-state index contributed by atoms with van der Waals surface area (Å²) in [4.78, 5) is 6.89. The Balaban J connectivity index is 1.67. The number of hydrogen-bond acceptors (Lipinski definition) is 5. The van der Waals surface area contributed by atoms with E-state index < -0.39 is 10.0 Å². The first-order chi connectivity index (χ1) is 11.4. The van der Waals surface area contributed by atoms with Gasteiger partial charge >= 0.3 is 0 Å². The summed E-state index contributed by atoms with van der Waals surface area (Å²) < 4.78 is 27.1. The molecule has 1 aliphatic heterocycles. The normalized spacial score (nSPS) is 17.3. The van der Waals surface area contributed by atoms with E-state index in [2.05, 4.69) is 15.3 Å². The molecule has 1 fully saturated rings. The summed E-state index contributed by atoms with van der Waals surface area (Å²) in [5.74, 6) is 0. The maximum absolute atomic E-state index is 12.8. The Morgan fingerprint density at radius 1 is 1.21 bits per heavy atom. The van der Waals surface area contributed by atoms with Gasteiger partial charge in [-0.2, -0.15) is 4.31 Å². The minimum absolute atomic E-state index is 0.193. The summed E-state index contributed by atoms with van der Waals surface area (Å²) in [6, 6.07) is 5.06. The van der Waals surface area contributed by atoms with Crippen LogP contribution >= 0.6 is 22.9 Å². The van der Waals surface area contributed by atoms with Crippen molar-refractivity contribution in [3.63, 3.8) is 0 Å². The van der Waals surface area contributed by atoms with Gasteiger partial charge in [-0.25, -0.2) is 13.4 Å². The van der Waals surface area contributed by atoms with Crippen molar-refractivity contribution < 1.29 is 8.42 Å². The lowest BCUT2D eigenvalue weighted by Gasteiger charge is -2.33. The highest BCUT2D eigenvalue weighted by molar-refractivity contribution is 7.89. The minimum atomic E-state index is -3.54. The molecular weight excluding hydrogens is 366 g/mol. The van der Waals surface area contributed by atoms with Crippen LogP contribution < -0.4 is 0 Å². The molecule has 0 radical (unpaired) electrons. The summed E-state index contributed by atoms with van der Waals surface area (Å²) in [7, 11) is -3.54. The molecule has 1 aromatic heterocycles. The number of halogens is 1. The van der Waals surface area contributed by atoms with Crippen molar-refractivity contribution >= 4 is 33.0 Å². The lowest BCUT2D eigenvalue weighted by atomic mass is 10.2. The van der Waals surface area contributed by atoms with E-state index in [1.165, 1.54) is 4.31 Å². The second kappa shape index (κ2) is 7.09. The van der Waals surface area contributed by atoms with E-state index >= 15 is 0 Å². The average Bonchev–Trinajstić information content (AvgIpc) is 2.92. The fraction of sp³-hybridized carbons (Fsp3) is 0.438. The fourth-order valence-electron chi connectivity index (χ4n) is 2.79. The second-order valence-corrected chi connectivity index (χ2v) is 9.35. The Morgan fingerprint density at radius 3 is 2.50 bits per heavy atom. The Labute approximate surface area is 151 Å². The molecule has 0 bridgehead atoms. The molecular formula is C16H20ClN3O2S2. The van der Waals surface area contributed by atoms with E-state index in [9.17, 15) is 8.42 Å².